The first-order chi connectivity index (χ1) is 9.83. The zero-order valence-corrected chi connectivity index (χ0v) is 12.0. The molecule has 4 N–H and O–H groups in total. The molecule has 0 fully saturated rings. The van der Waals surface area contributed by atoms with Crippen molar-refractivity contribution in [1.82, 2.24) is 0 Å². The third kappa shape index (κ3) is 4.86. The predicted molar refractivity (Wildman–Crippen MR) is 79.2 cm³/mol. The lowest BCUT2D eigenvalue weighted by Gasteiger charge is -2.17. The smallest absolute Gasteiger partial charge is 0.448 e. The quantitative estimate of drug-likeness (QED) is 0.639. The molecule has 0 radical (unpaired) electrons. The summed E-state index contributed by atoms with van der Waals surface area (Å²) in [4.78, 5) is 17.9. The first-order valence-corrected chi connectivity index (χ1v) is 7.92. The van der Waals surface area contributed by atoms with Crippen LogP contribution in [0.3, 0.4) is 0 Å². The molecule has 0 spiro atoms. The first-order valence-electron chi connectivity index (χ1n) is 6.36. The Kier molecular flexibility index (Phi) is 4.63. The van der Waals surface area contributed by atoms with Gasteiger partial charge in [0, 0.05) is 12.0 Å². The highest BCUT2D eigenvalue weighted by molar-refractivity contribution is 7.50. The van der Waals surface area contributed by atoms with Crippen molar-refractivity contribution in [3.05, 3.63) is 53.8 Å². The van der Waals surface area contributed by atoms with E-state index in [4.69, 9.17) is 9.79 Å². The molecule has 1 unspecified atom stereocenters. The normalized spacial score (nSPS) is 20.6. The second kappa shape index (κ2) is 6.26. The van der Waals surface area contributed by atoms with Crippen LogP contribution in [0, 0.1) is 5.92 Å². The van der Waals surface area contributed by atoms with Crippen LogP contribution in [-0.2, 0) is 11.0 Å². The maximum absolute atomic E-state index is 11.0. The van der Waals surface area contributed by atoms with Crippen LogP contribution in [0.4, 0.5) is 0 Å². The largest absolute Gasteiger partial charge is 0.508 e. The minimum atomic E-state index is -4.54. The van der Waals surface area contributed by atoms with Crippen molar-refractivity contribution in [3.63, 3.8) is 0 Å². The maximum atomic E-state index is 11.0. The Morgan fingerprint density at radius 1 is 1.24 bits per heavy atom. The van der Waals surface area contributed by atoms with E-state index in [2.05, 4.69) is 4.76 Å². The number of hydrogen-bond acceptors (Lipinski definition) is 3. The number of rotatable bonds is 4. The van der Waals surface area contributed by atoms with Crippen LogP contribution >= 0.6 is 7.75 Å². The van der Waals surface area contributed by atoms with Crippen molar-refractivity contribution in [1.29, 1.82) is 0 Å². The van der Waals surface area contributed by atoms with Crippen LogP contribution in [0.5, 0.6) is 5.75 Å². The standard InChI is InChI=1S/C14H16NO5P/c16-12-3-1-2-10(8-12)4-5-11-6-7-13(17)9-14(11)15-21(18,19)20/h1-3,6-9,11,16-17H,4-5H2,(H2,18,19,20). The van der Waals surface area contributed by atoms with Gasteiger partial charge in [-0.3, -0.25) is 0 Å². The average Bonchev–Trinajstić information content (AvgIpc) is 2.36. The lowest BCUT2D eigenvalue weighted by Crippen LogP contribution is -2.15. The number of aliphatic hydroxyl groups excluding tert-OH is 1. The zero-order valence-electron chi connectivity index (χ0n) is 11.1. The fraction of sp³-hybridized carbons (Fsp3) is 0.214. The van der Waals surface area contributed by atoms with Gasteiger partial charge in [-0.1, -0.05) is 18.2 Å². The molecule has 1 aliphatic carbocycles. The van der Waals surface area contributed by atoms with Gasteiger partial charge >= 0.3 is 7.75 Å². The molecule has 1 atom stereocenters. The molecule has 2 rings (SSSR count). The SMILES string of the molecule is O=P(O)(O)N=C1C=C(O)C=CC1CCc1cccc(O)c1. The number of allylic oxidation sites excluding steroid dienone is 3. The van der Waals surface area contributed by atoms with E-state index >= 15 is 0 Å². The summed E-state index contributed by atoms with van der Waals surface area (Å²) in [7, 11) is -4.54. The molecule has 0 amide bonds. The molecule has 21 heavy (non-hydrogen) atoms. The molecule has 0 aliphatic heterocycles. The van der Waals surface area contributed by atoms with Gasteiger partial charge in [-0.2, -0.15) is 4.76 Å². The zero-order chi connectivity index (χ0) is 15.5. The van der Waals surface area contributed by atoms with E-state index in [0.717, 1.165) is 5.56 Å². The number of hydrogen-bond donors (Lipinski definition) is 4. The van der Waals surface area contributed by atoms with Crippen molar-refractivity contribution < 1.29 is 24.6 Å². The van der Waals surface area contributed by atoms with Crippen LogP contribution in [-0.4, -0.2) is 25.7 Å². The second-order valence-corrected chi connectivity index (χ2v) is 6.01. The summed E-state index contributed by atoms with van der Waals surface area (Å²) < 4.78 is 14.4. The van der Waals surface area contributed by atoms with E-state index in [0.29, 0.717) is 12.8 Å². The van der Waals surface area contributed by atoms with Crippen LogP contribution in [0.15, 0.2) is 53.0 Å². The van der Waals surface area contributed by atoms with Crippen molar-refractivity contribution in [2.24, 2.45) is 10.7 Å². The lowest BCUT2D eigenvalue weighted by atomic mass is 9.91. The number of phenols is 1. The lowest BCUT2D eigenvalue weighted by molar-refractivity contribution is 0.375. The Hall–Kier alpha value is -1.88. The third-order valence-electron chi connectivity index (χ3n) is 3.08. The summed E-state index contributed by atoms with van der Waals surface area (Å²) in [6.07, 6.45) is 5.56. The summed E-state index contributed by atoms with van der Waals surface area (Å²) in [6.45, 7) is 0. The summed E-state index contributed by atoms with van der Waals surface area (Å²) in [5.41, 5.74) is 1.07. The molecular formula is C14H16NO5P. The van der Waals surface area contributed by atoms with E-state index in [1.54, 1.807) is 24.3 Å². The maximum Gasteiger partial charge on any atom is 0.448 e. The minimum Gasteiger partial charge on any atom is -0.508 e. The molecule has 0 heterocycles. The predicted octanol–water partition coefficient (Wildman–Crippen LogP) is 2.49. The van der Waals surface area contributed by atoms with Gasteiger partial charge in [0.1, 0.15) is 11.5 Å². The number of benzene rings is 1. The summed E-state index contributed by atoms with van der Waals surface area (Å²) >= 11 is 0. The third-order valence-corrected chi connectivity index (χ3v) is 3.57. The van der Waals surface area contributed by atoms with Gasteiger partial charge in [-0.15, -0.1) is 0 Å². The Labute approximate surface area is 122 Å². The van der Waals surface area contributed by atoms with Crippen molar-refractivity contribution in [2.45, 2.75) is 12.8 Å². The van der Waals surface area contributed by atoms with E-state index in [1.165, 1.54) is 12.2 Å². The Morgan fingerprint density at radius 3 is 2.67 bits per heavy atom. The van der Waals surface area contributed by atoms with Gasteiger partial charge in [0.05, 0.1) is 5.71 Å². The molecule has 0 saturated heterocycles. The van der Waals surface area contributed by atoms with Crippen molar-refractivity contribution in [2.75, 3.05) is 0 Å². The molecule has 0 aromatic heterocycles. The van der Waals surface area contributed by atoms with Crippen LogP contribution < -0.4 is 0 Å². The Bertz CT molecular complexity index is 659. The van der Waals surface area contributed by atoms with Gasteiger partial charge in [-0.25, -0.2) is 4.57 Å². The fourth-order valence-electron chi connectivity index (χ4n) is 2.15. The van der Waals surface area contributed by atoms with Gasteiger partial charge in [-0.05, 0) is 36.6 Å². The number of phenolic OH excluding ortho intramolecular Hbond substituents is 1. The number of aromatic hydroxyl groups is 1. The Balaban J connectivity index is 2.13. The Morgan fingerprint density at radius 2 is 2.00 bits per heavy atom. The molecule has 1 aromatic carbocycles. The average molecular weight is 309 g/mol. The molecule has 0 saturated carbocycles. The molecule has 7 heteroatoms. The van der Waals surface area contributed by atoms with E-state index in [9.17, 15) is 14.8 Å². The molecule has 1 aliphatic rings. The fourth-order valence-corrected chi connectivity index (χ4v) is 2.66. The van der Waals surface area contributed by atoms with Crippen LogP contribution in [0.1, 0.15) is 12.0 Å². The first kappa shape index (κ1) is 15.5. The summed E-state index contributed by atoms with van der Waals surface area (Å²) in [5.74, 6) is -0.208. The molecule has 1 aromatic rings. The number of nitrogens with zero attached hydrogens (tertiary/aromatic N) is 1. The topological polar surface area (TPSA) is 110 Å². The van der Waals surface area contributed by atoms with Gasteiger partial charge in [0.15, 0.2) is 0 Å². The van der Waals surface area contributed by atoms with Crippen LogP contribution in [0.2, 0.25) is 0 Å². The molecule has 6 nitrogen and oxygen atoms in total. The highest BCUT2D eigenvalue weighted by Crippen LogP contribution is 2.38. The van der Waals surface area contributed by atoms with Crippen molar-refractivity contribution in [3.8, 4) is 5.75 Å². The minimum absolute atomic E-state index is 0.0872. The van der Waals surface area contributed by atoms with E-state index in [-0.39, 0.29) is 23.1 Å². The molecule has 0 bridgehead atoms. The van der Waals surface area contributed by atoms with E-state index < -0.39 is 7.75 Å². The van der Waals surface area contributed by atoms with E-state index in [1.807, 2.05) is 6.07 Å². The van der Waals surface area contributed by atoms with Crippen LogP contribution in [0.25, 0.3) is 0 Å². The van der Waals surface area contributed by atoms with Crippen molar-refractivity contribution >= 4 is 13.5 Å². The molecule has 112 valence electrons. The monoisotopic (exact) mass is 309 g/mol. The summed E-state index contributed by atoms with van der Waals surface area (Å²) in [6, 6.07) is 6.81. The summed E-state index contributed by atoms with van der Waals surface area (Å²) in [5, 5.41) is 18.8. The van der Waals surface area contributed by atoms with Gasteiger partial charge in [0.2, 0.25) is 0 Å². The number of aliphatic hydroxyl groups is 1. The van der Waals surface area contributed by atoms with Gasteiger partial charge in [0.25, 0.3) is 0 Å². The highest BCUT2D eigenvalue weighted by Gasteiger charge is 2.20. The molecular weight excluding hydrogens is 293 g/mol. The van der Waals surface area contributed by atoms with Gasteiger partial charge < -0.3 is 20.0 Å². The number of aryl methyl sites for hydroxylation is 1. The highest BCUT2D eigenvalue weighted by atomic mass is 31.2. The second-order valence-electron chi connectivity index (χ2n) is 4.78.